The number of methoxy groups -OCH3 is 1. The number of hydrogen-bond acceptors (Lipinski definition) is 2. The van der Waals surface area contributed by atoms with Crippen LogP contribution in [0.3, 0.4) is 0 Å². The second-order valence-corrected chi connectivity index (χ2v) is 4.98. The molecule has 0 spiro atoms. The molecule has 0 aromatic rings. The summed E-state index contributed by atoms with van der Waals surface area (Å²) in [5.74, 6) is 2.30. The maximum absolute atomic E-state index is 5.13. The van der Waals surface area contributed by atoms with Crippen LogP contribution in [0, 0.1) is 17.8 Å². The summed E-state index contributed by atoms with van der Waals surface area (Å²) in [7, 11) is 1.78. The summed E-state index contributed by atoms with van der Waals surface area (Å²) in [5.41, 5.74) is 0. The van der Waals surface area contributed by atoms with Gasteiger partial charge in [-0.15, -0.1) is 0 Å². The minimum absolute atomic E-state index is 0.747. The quantitative estimate of drug-likeness (QED) is 0.638. The molecular weight excluding hydrogens is 186 g/mol. The lowest BCUT2D eigenvalue weighted by atomic mass is 9.89. The zero-order chi connectivity index (χ0) is 11.7. The van der Waals surface area contributed by atoms with Gasteiger partial charge in [0.25, 0.3) is 0 Å². The second kappa shape index (κ2) is 9.17. The first kappa shape index (κ1) is 14.9. The minimum Gasteiger partial charge on any atom is -0.385 e. The lowest BCUT2D eigenvalue weighted by molar-refractivity contribution is 0.162. The summed E-state index contributed by atoms with van der Waals surface area (Å²) in [6.45, 7) is 12.3. The van der Waals surface area contributed by atoms with Crippen molar-refractivity contribution in [2.75, 3.05) is 26.8 Å². The van der Waals surface area contributed by atoms with Gasteiger partial charge in [0.15, 0.2) is 0 Å². The zero-order valence-electron chi connectivity index (χ0n) is 11.2. The van der Waals surface area contributed by atoms with Crippen LogP contribution >= 0.6 is 0 Å². The number of hydrogen-bond donors (Lipinski definition) is 1. The third-order valence-electron chi connectivity index (χ3n) is 3.07. The average molecular weight is 215 g/mol. The van der Waals surface area contributed by atoms with E-state index < -0.39 is 0 Å². The summed E-state index contributed by atoms with van der Waals surface area (Å²) < 4.78 is 5.13. The summed E-state index contributed by atoms with van der Waals surface area (Å²) in [4.78, 5) is 0. The molecule has 0 aromatic heterocycles. The van der Waals surface area contributed by atoms with E-state index in [0.717, 1.165) is 37.5 Å². The number of nitrogens with one attached hydrogen (secondary N) is 1. The predicted molar refractivity (Wildman–Crippen MR) is 67.1 cm³/mol. The first-order chi connectivity index (χ1) is 7.11. The van der Waals surface area contributed by atoms with Crippen LogP contribution in [-0.4, -0.2) is 26.8 Å². The number of ether oxygens (including phenoxy) is 1. The third-order valence-corrected chi connectivity index (χ3v) is 3.07. The first-order valence-electron chi connectivity index (χ1n) is 6.31. The molecule has 2 nitrogen and oxygen atoms in total. The Kier molecular flexibility index (Phi) is 9.12. The fraction of sp³-hybridized carbons (Fsp3) is 1.00. The van der Waals surface area contributed by atoms with Gasteiger partial charge in [-0.05, 0) is 37.3 Å². The van der Waals surface area contributed by atoms with Crippen LogP contribution in [0.5, 0.6) is 0 Å². The molecule has 0 aliphatic carbocycles. The van der Waals surface area contributed by atoms with Gasteiger partial charge in [-0.3, -0.25) is 0 Å². The summed E-state index contributed by atoms with van der Waals surface area (Å²) in [6.07, 6.45) is 2.44. The highest BCUT2D eigenvalue weighted by Crippen LogP contribution is 2.18. The maximum atomic E-state index is 5.13. The summed E-state index contributed by atoms with van der Waals surface area (Å²) >= 11 is 0. The molecule has 2 heteroatoms. The largest absolute Gasteiger partial charge is 0.385 e. The lowest BCUT2D eigenvalue weighted by Crippen LogP contribution is -2.29. The molecule has 0 aliphatic heterocycles. The van der Waals surface area contributed by atoms with Gasteiger partial charge in [0.1, 0.15) is 0 Å². The summed E-state index contributed by atoms with van der Waals surface area (Å²) in [6, 6.07) is 0. The van der Waals surface area contributed by atoms with E-state index in [1.165, 1.54) is 12.8 Å². The maximum Gasteiger partial charge on any atom is 0.0464 e. The van der Waals surface area contributed by atoms with E-state index >= 15 is 0 Å². The standard InChI is InChI=1S/C13H29NO/c1-6-13(10-14-9-11(2)3)12(4)7-8-15-5/h11-14H,6-10H2,1-5H3. The molecule has 2 unspecified atom stereocenters. The van der Waals surface area contributed by atoms with Gasteiger partial charge in [0.2, 0.25) is 0 Å². The molecule has 92 valence electrons. The molecule has 15 heavy (non-hydrogen) atoms. The average Bonchev–Trinajstić information content (AvgIpc) is 2.20. The molecule has 1 N–H and O–H groups in total. The van der Waals surface area contributed by atoms with E-state index in [9.17, 15) is 0 Å². The molecule has 0 saturated carbocycles. The highest BCUT2D eigenvalue weighted by molar-refractivity contribution is 4.68. The Morgan fingerprint density at radius 2 is 1.80 bits per heavy atom. The van der Waals surface area contributed by atoms with E-state index in [0.29, 0.717) is 0 Å². The molecule has 0 radical (unpaired) electrons. The molecule has 0 amide bonds. The van der Waals surface area contributed by atoms with Gasteiger partial charge in [-0.2, -0.15) is 0 Å². The molecule has 0 aromatic carbocycles. The van der Waals surface area contributed by atoms with Crippen LogP contribution in [0.2, 0.25) is 0 Å². The van der Waals surface area contributed by atoms with Crippen molar-refractivity contribution in [3.8, 4) is 0 Å². The van der Waals surface area contributed by atoms with Crippen LogP contribution in [0.25, 0.3) is 0 Å². The first-order valence-corrected chi connectivity index (χ1v) is 6.31. The molecule has 0 saturated heterocycles. The Balaban J connectivity index is 3.69. The second-order valence-electron chi connectivity index (χ2n) is 4.98. The monoisotopic (exact) mass is 215 g/mol. The molecular formula is C13H29NO. The zero-order valence-corrected chi connectivity index (χ0v) is 11.2. The van der Waals surface area contributed by atoms with Crippen molar-refractivity contribution in [2.45, 2.75) is 40.5 Å². The van der Waals surface area contributed by atoms with Crippen LogP contribution < -0.4 is 5.32 Å². The fourth-order valence-electron chi connectivity index (χ4n) is 1.84. The van der Waals surface area contributed by atoms with E-state index in [1.807, 2.05) is 0 Å². The van der Waals surface area contributed by atoms with E-state index in [1.54, 1.807) is 7.11 Å². The molecule has 0 aliphatic rings. The van der Waals surface area contributed by atoms with Gasteiger partial charge in [-0.1, -0.05) is 34.1 Å². The van der Waals surface area contributed by atoms with Crippen LogP contribution in [0.4, 0.5) is 0 Å². The highest BCUT2D eigenvalue weighted by Gasteiger charge is 2.14. The highest BCUT2D eigenvalue weighted by atomic mass is 16.5. The molecule has 0 heterocycles. The predicted octanol–water partition coefficient (Wildman–Crippen LogP) is 2.93. The summed E-state index contributed by atoms with van der Waals surface area (Å²) in [5, 5.41) is 3.55. The van der Waals surface area contributed by atoms with Crippen molar-refractivity contribution >= 4 is 0 Å². The van der Waals surface area contributed by atoms with Gasteiger partial charge < -0.3 is 10.1 Å². The Bertz CT molecular complexity index is 136. The number of rotatable bonds is 9. The SMILES string of the molecule is CCC(CNCC(C)C)C(C)CCOC. The van der Waals surface area contributed by atoms with E-state index in [2.05, 4.69) is 33.0 Å². The van der Waals surface area contributed by atoms with E-state index in [-0.39, 0.29) is 0 Å². The normalized spacial score (nSPS) is 15.6. The van der Waals surface area contributed by atoms with Crippen LogP contribution in [0.15, 0.2) is 0 Å². The Morgan fingerprint density at radius 1 is 1.13 bits per heavy atom. The topological polar surface area (TPSA) is 21.3 Å². The van der Waals surface area contributed by atoms with Crippen molar-refractivity contribution < 1.29 is 4.74 Å². The van der Waals surface area contributed by atoms with Gasteiger partial charge in [-0.25, -0.2) is 0 Å². The molecule has 0 bridgehead atoms. The van der Waals surface area contributed by atoms with Crippen LogP contribution in [0.1, 0.15) is 40.5 Å². The Hall–Kier alpha value is -0.0800. The van der Waals surface area contributed by atoms with Crippen molar-refractivity contribution in [3.05, 3.63) is 0 Å². The third kappa shape index (κ3) is 7.80. The lowest BCUT2D eigenvalue weighted by Gasteiger charge is -2.23. The van der Waals surface area contributed by atoms with Gasteiger partial charge >= 0.3 is 0 Å². The van der Waals surface area contributed by atoms with Crippen molar-refractivity contribution in [1.29, 1.82) is 0 Å². The van der Waals surface area contributed by atoms with Gasteiger partial charge in [0.05, 0.1) is 0 Å². The van der Waals surface area contributed by atoms with Crippen molar-refractivity contribution in [1.82, 2.24) is 5.32 Å². The van der Waals surface area contributed by atoms with Crippen molar-refractivity contribution in [2.24, 2.45) is 17.8 Å². The van der Waals surface area contributed by atoms with E-state index in [4.69, 9.17) is 4.74 Å². The Labute approximate surface area is 95.8 Å². The molecule has 0 rings (SSSR count). The minimum atomic E-state index is 0.747. The molecule has 2 atom stereocenters. The van der Waals surface area contributed by atoms with Crippen LogP contribution in [-0.2, 0) is 4.74 Å². The smallest absolute Gasteiger partial charge is 0.0464 e. The Morgan fingerprint density at radius 3 is 2.27 bits per heavy atom. The molecule has 0 fully saturated rings. The fourth-order valence-corrected chi connectivity index (χ4v) is 1.84. The van der Waals surface area contributed by atoms with Gasteiger partial charge in [0, 0.05) is 13.7 Å². The van der Waals surface area contributed by atoms with Crippen molar-refractivity contribution in [3.63, 3.8) is 0 Å².